The predicted octanol–water partition coefficient (Wildman–Crippen LogP) is 2.31. The Kier molecular flexibility index (Phi) is 6.30. The highest BCUT2D eigenvalue weighted by Gasteiger charge is 2.37. The zero-order chi connectivity index (χ0) is 14.3. The van der Waals surface area contributed by atoms with Crippen LogP contribution >= 0.6 is 0 Å². The Morgan fingerprint density at radius 2 is 2.05 bits per heavy atom. The molecular weight excluding hydrogens is 238 g/mol. The maximum absolute atomic E-state index is 12.3. The van der Waals surface area contributed by atoms with Gasteiger partial charge in [0.25, 0.3) is 0 Å². The molecule has 108 valence electrons. The van der Waals surface area contributed by atoms with Crippen molar-refractivity contribution in [1.29, 1.82) is 5.26 Å². The van der Waals surface area contributed by atoms with E-state index in [-0.39, 0.29) is 11.8 Å². The van der Waals surface area contributed by atoms with E-state index in [1.807, 2.05) is 19.0 Å². The van der Waals surface area contributed by atoms with Gasteiger partial charge in [-0.25, -0.2) is 0 Å². The molecule has 0 aromatic heterocycles. The van der Waals surface area contributed by atoms with Crippen molar-refractivity contribution in [2.24, 2.45) is 5.92 Å². The molecule has 0 unspecified atom stereocenters. The number of nitriles is 1. The van der Waals surface area contributed by atoms with Crippen molar-refractivity contribution in [1.82, 2.24) is 10.2 Å². The highest BCUT2D eigenvalue weighted by Crippen LogP contribution is 2.32. The number of hydrogen-bond acceptors (Lipinski definition) is 3. The van der Waals surface area contributed by atoms with Gasteiger partial charge in [0.05, 0.1) is 6.07 Å². The molecule has 0 saturated heterocycles. The summed E-state index contributed by atoms with van der Waals surface area (Å²) in [6.07, 6.45) is 6.65. The van der Waals surface area contributed by atoms with Gasteiger partial charge in [-0.15, -0.1) is 0 Å². The fourth-order valence-corrected chi connectivity index (χ4v) is 2.80. The van der Waals surface area contributed by atoms with Crippen LogP contribution in [0.2, 0.25) is 0 Å². The zero-order valence-electron chi connectivity index (χ0n) is 12.5. The first-order chi connectivity index (χ1) is 9.08. The Labute approximate surface area is 117 Å². The van der Waals surface area contributed by atoms with Crippen molar-refractivity contribution >= 4 is 5.91 Å². The SMILES string of the molecule is CCCCCN(C)C(=O)C1CCC(C#N)(NC)CC1. The second kappa shape index (κ2) is 7.49. The van der Waals surface area contributed by atoms with Gasteiger partial charge in [-0.2, -0.15) is 5.26 Å². The van der Waals surface area contributed by atoms with E-state index in [1.54, 1.807) is 0 Å². The van der Waals surface area contributed by atoms with Crippen molar-refractivity contribution in [3.05, 3.63) is 0 Å². The summed E-state index contributed by atoms with van der Waals surface area (Å²) in [6, 6.07) is 2.36. The maximum atomic E-state index is 12.3. The van der Waals surface area contributed by atoms with Gasteiger partial charge in [-0.05, 0) is 39.2 Å². The molecule has 1 aliphatic rings. The minimum absolute atomic E-state index is 0.112. The topological polar surface area (TPSA) is 56.1 Å². The average Bonchev–Trinajstić information content (AvgIpc) is 2.46. The molecule has 1 saturated carbocycles. The highest BCUT2D eigenvalue weighted by molar-refractivity contribution is 5.78. The molecular formula is C15H27N3O. The molecule has 0 aliphatic heterocycles. The molecule has 0 aromatic rings. The summed E-state index contributed by atoms with van der Waals surface area (Å²) < 4.78 is 0. The first-order valence-electron chi connectivity index (χ1n) is 7.43. The molecule has 1 amide bonds. The van der Waals surface area contributed by atoms with Crippen molar-refractivity contribution in [3.8, 4) is 6.07 Å². The van der Waals surface area contributed by atoms with Gasteiger partial charge in [0, 0.05) is 19.5 Å². The van der Waals surface area contributed by atoms with Crippen LogP contribution in [-0.2, 0) is 4.79 Å². The zero-order valence-corrected chi connectivity index (χ0v) is 12.5. The number of hydrogen-bond donors (Lipinski definition) is 1. The van der Waals surface area contributed by atoms with Gasteiger partial charge in [0.1, 0.15) is 5.54 Å². The molecule has 1 rings (SSSR count). The molecule has 0 radical (unpaired) electrons. The maximum Gasteiger partial charge on any atom is 0.225 e. The lowest BCUT2D eigenvalue weighted by molar-refractivity contribution is -0.135. The molecule has 1 N–H and O–H groups in total. The smallest absolute Gasteiger partial charge is 0.225 e. The van der Waals surface area contributed by atoms with E-state index in [2.05, 4.69) is 18.3 Å². The number of unbranched alkanes of at least 4 members (excludes halogenated alkanes) is 2. The average molecular weight is 265 g/mol. The molecule has 0 aromatic carbocycles. The van der Waals surface area contributed by atoms with Gasteiger partial charge in [-0.3, -0.25) is 4.79 Å². The third kappa shape index (κ3) is 4.21. The van der Waals surface area contributed by atoms with E-state index < -0.39 is 5.54 Å². The largest absolute Gasteiger partial charge is 0.346 e. The van der Waals surface area contributed by atoms with E-state index >= 15 is 0 Å². The number of nitrogens with one attached hydrogen (secondary N) is 1. The Morgan fingerprint density at radius 3 is 2.53 bits per heavy atom. The van der Waals surface area contributed by atoms with E-state index in [9.17, 15) is 10.1 Å². The molecule has 4 nitrogen and oxygen atoms in total. The summed E-state index contributed by atoms with van der Waals surface area (Å²) >= 11 is 0. The van der Waals surface area contributed by atoms with Crippen molar-refractivity contribution in [2.75, 3.05) is 20.6 Å². The Balaban J connectivity index is 2.42. The lowest BCUT2D eigenvalue weighted by atomic mass is 9.77. The second-order valence-electron chi connectivity index (χ2n) is 5.69. The van der Waals surface area contributed by atoms with Crippen molar-refractivity contribution in [2.45, 2.75) is 57.4 Å². The molecule has 0 heterocycles. The van der Waals surface area contributed by atoms with Gasteiger partial charge < -0.3 is 10.2 Å². The number of nitrogens with zero attached hydrogens (tertiary/aromatic N) is 2. The van der Waals surface area contributed by atoms with Crippen LogP contribution in [0.3, 0.4) is 0 Å². The number of amides is 1. The minimum Gasteiger partial charge on any atom is -0.346 e. The van der Waals surface area contributed by atoms with Crippen molar-refractivity contribution < 1.29 is 4.79 Å². The summed E-state index contributed by atoms with van der Waals surface area (Å²) in [5.41, 5.74) is -0.405. The number of carbonyl (C=O) groups excluding carboxylic acids is 1. The molecule has 0 spiro atoms. The van der Waals surface area contributed by atoms with E-state index in [1.165, 1.54) is 12.8 Å². The fraction of sp³-hybridized carbons (Fsp3) is 0.867. The van der Waals surface area contributed by atoms with E-state index in [0.29, 0.717) is 0 Å². The molecule has 0 atom stereocenters. The summed E-state index contributed by atoms with van der Waals surface area (Å²) in [7, 11) is 3.74. The van der Waals surface area contributed by atoms with Gasteiger partial charge in [0.2, 0.25) is 5.91 Å². The van der Waals surface area contributed by atoms with Gasteiger partial charge in [0.15, 0.2) is 0 Å². The van der Waals surface area contributed by atoms with Crippen LogP contribution in [0.4, 0.5) is 0 Å². The van der Waals surface area contributed by atoms with Crippen LogP contribution in [-0.4, -0.2) is 37.0 Å². The third-order valence-electron chi connectivity index (χ3n) is 4.35. The Bertz CT molecular complexity index is 327. The van der Waals surface area contributed by atoms with Crippen LogP contribution in [0.1, 0.15) is 51.9 Å². The van der Waals surface area contributed by atoms with Gasteiger partial charge >= 0.3 is 0 Å². The van der Waals surface area contributed by atoms with Crippen LogP contribution < -0.4 is 5.32 Å². The quantitative estimate of drug-likeness (QED) is 0.750. The molecule has 1 fully saturated rings. The summed E-state index contributed by atoms with van der Waals surface area (Å²) in [6.45, 7) is 3.03. The second-order valence-corrected chi connectivity index (χ2v) is 5.69. The van der Waals surface area contributed by atoms with Crippen LogP contribution in [0.5, 0.6) is 0 Å². The Morgan fingerprint density at radius 1 is 1.42 bits per heavy atom. The molecule has 1 aliphatic carbocycles. The van der Waals surface area contributed by atoms with Crippen LogP contribution in [0.25, 0.3) is 0 Å². The van der Waals surface area contributed by atoms with Crippen LogP contribution in [0.15, 0.2) is 0 Å². The minimum atomic E-state index is -0.405. The fourth-order valence-electron chi connectivity index (χ4n) is 2.80. The van der Waals surface area contributed by atoms with Crippen LogP contribution in [0, 0.1) is 17.2 Å². The first kappa shape index (κ1) is 16.0. The highest BCUT2D eigenvalue weighted by atomic mass is 16.2. The molecule has 4 heteroatoms. The van der Waals surface area contributed by atoms with E-state index in [4.69, 9.17) is 0 Å². The normalized spacial score (nSPS) is 26.7. The summed E-state index contributed by atoms with van der Waals surface area (Å²) in [4.78, 5) is 14.2. The lowest BCUT2D eigenvalue weighted by Crippen LogP contribution is -2.47. The lowest BCUT2D eigenvalue weighted by Gasteiger charge is -2.35. The first-order valence-corrected chi connectivity index (χ1v) is 7.43. The Hall–Kier alpha value is -1.08. The number of rotatable bonds is 6. The third-order valence-corrected chi connectivity index (χ3v) is 4.35. The van der Waals surface area contributed by atoms with E-state index in [0.717, 1.165) is 38.6 Å². The standard InChI is InChI=1S/C15H27N3O/c1-4-5-6-11-18(3)14(19)13-7-9-15(12-16,17-2)10-8-13/h13,17H,4-11H2,1-3H3. The van der Waals surface area contributed by atoms with Crippen molar-refractivity contribution in [3.63, 3.8) is 0 Å². The summed E-state index contributed by atoms with van der Waals surface area (Å²) in [5.74, 6) is 0.375. The predicted molar refractivity (Wildman–Crippen MR) is 76.5 cm³/mol. The van der Waals surface area contributed by atoms with Gasteiger partial charge in [-0.1, -0.05) is 19.8 Å². The molecule has 0 bridgehead atoms. The number of carbonyl (C=O) groups is 1. The monoisotopic (exact) mass is 265 g/mol. The summed E-state index contributed by atoms with van der Waals surface area (Å²) in [5, 5.41) is 12.3. The molecule has 19 heavy (non-hydrogen) atoms.